The quantitative estimate of drug-likeness (QED) is 0.296. The van der Waals surface area contributed by atoms with Crippen molar-refractivity contribution in [2.75, 3.05) is 0 Å². The van der Waals surface area contributed by atoms with Crippen LogP contribution in [-0.2, 0) is 11.2 Å². The summed E-state index contributed by atoms with van der Waals surface area (Å²) in [6.45, 7) is 3.75. The Labute approximate surface area is 202 Å². The number of carbonyl (C=O) groups is 1. The summed E-state index contributed by atoms with van der Waals surface area (Å²) < 4.78 is 11.3. The molecule has 5 nitrogen and oxygen atoms in total. The van der Waals surface area contributed by atoms with E-state index in [1.807, 2.05) is 92.7 Å². The monoisotopic (exact) mass is 470 g/mol. The summed E-state index contributed by atoms with van der Waals surface area (Å²) in [4.78, 5) is 13.1. The lowest BCUT2D eigenvalue weighted by Gasteiger charge is -2.20. The van der Waals surface area contributed by atoms with Crippen LogP contribution in [-0.4, -0.2) is 11.1 Å². The molecule has 5 rings (SSSR count). The smallest absolute Gasteiger partial charge is 0.225 e. The van der Waals surface area contributed by atoms with Crippen molar-refractivity contribution in [2.45, 2.75) is 26.3 Å². The minimum Gasteiger partial charge on any atom is -0.456 e. The van der Waals surface area contributed by atoms with Gasteiger partial charge in [-0.05, 0) is 60.9 Å². The maximum atomic E-state index is 13.1. The Morgan fingerprint density at radius 3 is 2.41 bits per heavy atom. The van der Waals surface area contributed by atoms with Gasteiger partial charge in [-0.3, -0.25) is 4.79 Å². The number of rotatable bonds is 6. The number of nitrogens with zero attached hydrogens (tertiary/aromatic N) is 1. The molecule has 0 aliphatic heterocycles. The van der Waals surface area contributed by atoms with Crippen molar-refractivity contribution in [3.8, 4) is 11.3 Å². The van der Waals surface area contributed by atoms with Gasteiger partial charge in [-0.2, -0.15) is 0 Å². The van der Waals surface area contributed by atoms with Crippen LogP contribution in [0.2, 0.25) is 5.02 Å². The van der Waals surface area contributed by atoms with Crippen LogP contribution < -0.4 is 5.32 Å². The molecule has 0 bridgehead atoms. The molecule has 170 valence electrons. The third kappa shape index (κ3) is 4.47. The topological polar surface area (TPSA) is 68.3 Å². The number of halogens is 1. The molecule has 2 aromatic heterocycles. The second-order valence-corrected chi connectivity index (χ2v) is 8.76. The first-order valence-electron chi connectivity index (χ1n) is 11.0. The predicted octanol–water partition coefficient (Wildman–Crippen LogP) is 6.81. The summed E-state index contributed by atoms with van der Waals surface area (Å²) >= 11 is 6.07. The van der Waals surface area contributed by atoms with E-state index >= 15 is 0 Å². The molecule has 5 aromatic rings. The molecule has 2 heterocycles. The zero-order chi connectivity index (χ0) is 23.7. The molecule has 0 radical (unpaired) electrons. The minimum absolute atomic E-state index is 0.0717. The van der Waals surface area contributed by atoms with Gasteiger partial charge in [-0.1, -0.05) is 65.3 Å². The lowest BCUT2D eigenvalue weighted by molar-refractivity contribution is -0.120. The van der Waals surface area contributed by atoms with Gasteiger partial charge >= 0.3 is 0 Å². The Balaban J connectivity index is 1.38. The van der Waals surface area contributed by atoms with Crippen LogP contribution in [0, 0.1) is 13.8 Å². The zero-order valence-corrected chi connectivity index (χ0v) is 19.6. The Hall–Kier alpha value is -3.83. The standard InChI is InChI=1S/C28H23ClN2O3/c1-17-27(18(2)34-31-17)25-16-22-14-19(8-13-24(22)33-25)15-26(32)30-28(20-6-4-3-5-7-20)21-9-11-23(29)12-10-21/h3-14,16,28H,15H2,1-2H3,(H,30,32). The minimum atomic E-state index is -0.269. The van der Waals surface area contributed by atoms with E-state index in [1.165, 1.54) is 0 Å². The van der Waals surface area contributed by atoms with Crippen LogP contribution in [0.15, 0.2) is 87.8 Å². The van der Waals surface area contributed by atoms with E-state index in [4.69, 9.17) is 20.5 Å². The molecule has 34 heavy (non-hydrogen) atoms. The molecule has 0 saturated heterocycles. The number of aryl methyl sites for hydroxylation is 2. The van der Waals surface area contributed by atoms with Crippen molar-refractivity contribution >= 4 is 28.5 Å². The SMILES string of the molecule is Cc1noc(C)c1-c1cc2cc(CC(=O)NC(c3ccccc3)c3ccc(Cl)cc3)ccc2o1. The molecule has 0 spiro atoms. The van der Waals surface area contributed by atoms with Gasteiger partial charge in [-0.25, -0.2) is 0 Å². The van der Waals surface area contributed by atoms with Gasteiger partial charge in [0.2, 0.25) is 5.91 Å². The van der Waals surface area contributed by atoms with Crippen LogP contribution in [0.4, 0.5) is 0 Å². The number of aromatic nitrogens is 1. The van der Waals surface area contributed by atoms with E-state index in [2.05, 4.69) is 10.5 Å². The second kappa shape index (κ2) is 9.20. The number of amides is 1. The van der Waals surface area contributed by atoms with Crippen molar-refractivity contribution in [1.29, 1.82) is 0 Å². The third-order valence-electron chi connectivity index (χ3n) is 5.87. The van der Waals surface area contributed by atoms with E-state index in [0.29, 0.717) is 16.5 Å². The van der Waals surface area contributed by atoms with E-state index < -0.39 is 0 Å². The number of hydrogen-bond donors (Lipinski definition) is 1. The Kier molecular flexibility index (Phi) is 5.95. The Bertz CT molecular complexity index is 1430. The number of furan rings is 1. The first-order chi connectivity index (χ1) is 16.5. The highest BCUT2D eigenvalue weighted by Gasteiger charge is 2.19. The van der Waals surface area contributed by atoms with Crippen LogP contribution in [0.1, 0.15) is 34.2 Å². The van der Waals surface area contributed by atoms with E-state index in [9.17, 15) is 4.79 Å². The average Bonchev–Trinajstić information content (AvgIpc) is 3.40. The fourth-order valence-electron chi connectivity index (χ4n) is 4.22. The molecular weight excluding hydrogens is 448 g/mol. The van der Waals surface area contributed by atoms with Crippen molar-refractivity contribution in [1.82, 2.24) is 10.5 Å². The number of nitrogens with one attached hydrogen (secondary N) is 1. The molecule has 6 heteroatoms. The highest BCUT2D eigenvalue weighted by molar-refractivity contribution is 6.30. The van der Waals surface area contributed by atoms with Crippen molar-refractivity contribution < 1.29 is 13.7 Å². The average molecular weight is 471 g/mol. The fourth-order valence-corrected chi connectivity index (χ4v) is 4.34. The van der Waals surface area contributed by atoms with Crippen molar-refractivity contribution in [3.05, 3.63) is 112 Å². The molecule has 1 N–H and O–H groups in total. The number of fused-ring (bicyclic) bond motifs is 1. The summed E-state index contributed by atoms with van der Waals surface area (Å²) in [5, 5.41) is 8.78. The summed E-state index contributed by atoms with van der Waals surface area (Å²) in [5.41, 5.74) is 5.28. The molecule has 1 amide bonds. The molecule has 3 aromatic carbocycles. The summed E-state index contributed by atoms with van der Waals surface area (Å²) in [6.07, 6.45) is 0.249. The maximum Gasteiger partial charge on any atom is 0.225 e. The van der Waals surface area contributed by atoms with Crippen LogP contribution in [0.25, 0.3) is 22.3 Å². The van der Waals surface area contributed by atoms with Gasteiger partial charge in [0.05, 0.1) is 23.7 Å². The molecule has 0 saturated carbocycles. The highest BCUT2D eigenvalue weighted by atomic mass is 35.5. The zero-order valence-electron chi connectivity index (χ0n) is 18.8. The molecule has 0 aliphatic carbocycles. The molecule has 0 aliphatic rings. The van der Waals surface area contributed by atoms with Crippen molar-refractivity contribution in [2.24, 2.45) is 0 Å². The van der Waals surface area contributed by atoms with Gasteiger partial charge in [0.25, 0.3) is 0 Å². The van der Waals surface area contributed by atoms with Crippen LogP contribution in [0.5, 0.6) is 0 Å². The number of benzene rings is 3. The van der Waals surface area contributed by atoms with E-state index in [-0.39, 0.29) is 18.4 Å². The highest BCUT2D eigenvalue weighted by Crippen LogP contribution is 2.32. The van der Waals surface area contributed by atoms with Gasteiger partial charge in [0, 0.05) is 10.4 Å². The summed E-state index contributed by atoms with van der Waals surface area (Å²) in [6, 6.07) is 24.9. The normalized spacial score (nSPS) is 12.1. The lowest BCUT2D eigenvalue weighted by atomic mass is 9.98. The second-order valence-electron chi connectivity index (χ2n) is 8.32. The largest absolute Gasteiger partial charge is 0.456 e. The Morgan fingerprint density at radius 2 is 1.71 bits per heavy atom. The van der Waals surface area contributed by atoms with Crippen LogP contribution in [0.3, 0.4) is 0 Å². The van der Waals surface area contributed by atoms with E-state index in [0.717, 1.165) is 38.9 Å². The molecule has 1 atom stereocenters. The maximum absolute atomic E-state index is 13.1. The van der Waals surface area contributed by atoms with E-state index in [1.54, 1.807) is 0 Å². The predicted molar refractivity (Wildman–Crippen MR) is 133 cm³/mol. The van der Waals surface area contributed by atoms with Gasteiger partial charge in [0.1, 0.15) is 17.1 Å². The summed E-state index contributed by atoms with van der Waals surface area (Å²) in [5.74, 6) is 1.35. The third-order valence-corrected chi connectivity index (χ3v) is 6.12. The molecular formula is C28H23ClN2O3. The molecule has 1 unspecified atom stereocenters. The first kappa shape index (κ1) is 22.0. The van der Waals surface area contributed by atoms with Gasteiger partial charge < -0.3 is 14.3 Å². The number of hydrogen-bond acceptors (Lipinski definition) is 4. The fraction of sp³-hybridized carbons (Fsp3) is 0.143. The summed E-state index contributed by atoms with van der Waals surface area (Å²) in [7, 11) is 0. The Morgan fingerprint density at radius 1 is 0.971 bits per heavy atom. The van der Waals surface area contributed by atoms with Gasteiger partial charge in [-0.15, -0.1) is 0 Å². The van der Waals surface area contributed by atoms with Crippen molar-refractivity contribution in [3.63, 3.8) is 0 Å². The van der Waals surface area contributed by atoms with Gasteiger partial charge in [0.15, 0.2) is 0 Å². The first-order valence-corrected chi connectivity index (χ1v) is 11.4. The number of carbonyl (C=O) groups excluding carboxylic acids is 1. The molecule has 0 fully saturated rings. The lowest BCUT2D eigenvalue weighted by Crippen LogP contribution is -2.30. The van der Waals surface area contributed by atoms with Crippen LogP contribution >= 0.6 is 11.6 Å².